The average Bonchev–Trinajstić information content (AvgIpc) is 3.20. The molecule has 196 valence electrons. The number of likely N-dealkylation sites (tertiary alicyclic amines) is 1. The summed E-state index contributed by atoms with van der Waals surface area (Å²) in [5.74, 6) is 0. The van der Waals surface area contributed by atoms with Gasteiger partial charge in [0.15, 0.2) is 0 Å². The van der Waals surface area contributed by atoms with E-state index in [-0.39, 0.29) is 29.6 Å². The van der Waals surface area contributed by atoms with Gasteiger partial charge in [-0.1, -0.05) is 31.2 Å². The second-order valence-corrected chi connectivity index (χ2v) is 13.2. The molecule has 2 amide bonds. The van der Waals surface area contributed by atoms with E-state index < -0.39 is 10.0 Å². The molecule has 0 aromatic heterocycles. The smallest absolute Gasteiger partial charge is 0.317 e. The highest BCUT2D eigenvalue weighted by Gasteiger charge is 2.44. The van der Waals surface area contributed by atoms with Crippen LogP contribution in [0.2, 0.25) is 0 Å². The minimum Gasteiger partial charge on any atom is -0.331 e. The molecule has 0 saturated carbocycles. The number of sulfonamides is 1. The van der Waals surface area contributed by atoms with Crippen LogP contribution in [0.25, 0.3) is 0 Å². The molecule has 7 nitrogen and oxygen atoms in total. The van der Waals surface area contributed by atoms with E-state index in [9.17, 15) is 13.2 Å². The second kappa shape index (κ2) is 10.4. The molecule has 3 unspecified atom stereocenters. The number of rotatable bonds is 6. The maximum Gasteiger partial charge on any atom is 0.317 e. The zero-order valence-corrected chi connectivity index (χ0v) is 23.0. The van der Waals surface area contributed by atoms with Crippen LogP contribution in [0.15, 0.2) is 24.3 Å². The van der Waals surface area contributed by atoms with E-state index in [1.165, 1.54) is 17.4 Å². The van der Waals surface area contributed by atoms with Gasteiger partial charge in [-0.05, 0) is 87.9 Å². The normalized spacial score (nSPS) is 28.0. The maximum absolute atomic E-state index is 12.4. The number of amides is 2. The van der Waals surface area contributed by atoms with E-state index in [4.69, 9.17) is 0 Å². The van der Waals surface area contributed by atoms with Gasteiger partial charge >= 0.3 is 6.03 Å². The molecular weight excluding hydrogens is 460 g/mol. The van der Waals surface area contributed by atoms with E-state index >= 15 is 0 Å². The minimum absolute atomic E-state index is 0.0364. The Morgan fingerprint density at radius 1 is 1.14 bits per heavy atom. The summed E-state index contributed by atoms with van der Waals surface area (Å²) < 4.78 is 26.6. The summed E-state index contributed by atoms with van der Waals surface area (Å²) >= 11 is 0. The third-order valence-corrected chi connectivity index (χ3v) is 10.3. The Morgan fingerprint density at radius 2 is 1.83 bits per heavy atom. The first-order valence-electron chi connectivity index (χ1n) is 13.4. The summed E-state index contributed by atoms with van der Waals surface area (Å²) in [6.07, 6.45) is 9.56. The van der Waals surface area contributed by atoms with Crippen molar-refractivity contribution < 1.29 is 13.2 Å². The molecule has 8 heteroatoms. The van der Waals surface area contributed by atoms with Gasteiger partial charge in [0.1, 0.15) is 0 Å². The quantitative estimate of drug-likeness (QED) is 0.633. The van der Waals surface area contributed by atoms with Gasteiger partial charge in [-0.25, -0.2) is 13.2 Å². The number of carbonyl (C=O) groups is 1. The molecule has 4 atom stereocenters. The number of nitrogens with one attached hydrogen (secondary N) is 1. The molecule has 2 fully saturated rings. The number of carbonyl (C=O) groups excluding carboxylic acids is 1. The molecule has 2 heterocycles. The summed E-state index contributed by atoms with van der Waals surface area (Å²) in [7, 11) is 0.390. The molecule has 2 saturated heterocycles. The van der Waals surface area contributed by atoms with Gasteiger partial charge in [0.2, 0.25) is 10.0 Å². The Bertz CT molecular complexity index is 1000. The highest BCUT2D eigenvalue weighted by Crippen LogP contribution is 2.48. The molecular formula is C27H44N4O3S. The summed E-state index contributed by atoms with van der Waals surface area (Å²) in [5, 5.41) is 3.22. The van der Waals surface area contributed by atoms with E-state index in [0.717, 1.165) is 64.5 Å². The molecule has 1 N–H and O–H groups in total. The number of nitrogens with zero attached hydrogens (tertiary/aromatic N) is 3. The largest absolute Gasteiger partial charge is 0.331 e. The standard InChI is InChI=1S/C27H44N4O3S/c1-6-21(19-22-12-11-20(2)31(22)35(5,33)34)30-17-15-27(16-18-30)14-13-25(28-26(32)29(3)4)23-9-7-8-10-24(23)27/h7-10,20-22,25H,6,11-19H2,1-5H3,(H,28,32)/t20?,21?,22?,25-/m1/s1. The van der Waals surface area contributed by atoms with Crippen LogP contribution in [0.1, 0.15) is 82.4 Å². The van der Waals surface area contributed by atoms with Crippen LogP contribution in [0, 0.1) is 0 Å². The lowest BCUT2D eigenvalue weighted by atomic mass is 9.63. The fourth-order valence-electron chi connectivity index (χ4n) is 7.01. The first kappa shape index (κ1) is 26.4. The monoisotopic (exact) mass is 504 g/mol. The first-order valence-corrected chi connectivity index (χ1v) is 15.2. The Labute approximate surface area is 212 Å². The number of hydrogen-bond donors (Lipinski definition) is 1. The molecule has 1 aliphatic carbocycles. The molecule has 4 rings (SSSR count). The van der Waals surface area contributed by atoms with Gasteiger partial charge in [-0.15, -0.1) is 0 Å². The molecule has 2 aliphatic heterocycles. The maximum atomic E-state index is 12.4. The topological polar surface area (TPSA) is 73.0 Å². The predicted molar refractivity (Wildman–Crippen MR) is 141 cm³/mol. The van der Waals surface area contributed by atoms with Crippen LogP contribution < -0.4 is 5.32 Å². The summed E-state index contributed by atoms with van der Waals surface area (Å²) in [6.45, 7) is 6.37. The van der Waals surface area contributed by atoms with Crippen LogP contribution in [-0.4, -0.2) is 80.1 Å². The number of benzene rings is 1. The highest BCUT2D eigenvalue weighted by molar-refractivity contribution is 7.88. The summed E-state index contributed by atoms with van der Waals surface area (Å²) in [4.78, 5) is 16.6. The third-order valence-electron chi connectivity index (χ3n) is 8.90. The van der Waals surface area contributed by atoms with Crippen LogP contribution in [0.4, 0.5) is 4.79 Å². The number of hydrogen-bond acceptors (Lipinski definition) is 4. The molecule has 0 radical (unpaired) electrons. The summed E-state index contributed by atoms with van der Waals surface area (Å²) in [5.41, 5.74) is 2.86. The van der Waals surface area contributed by atoms with Gasteiger partial charge in [0.25, 0.3) is 0 Å². The van der Waals surface area contributed by atoms with Gasteiger partial charge in [0, 0.05) is 32.2 Å². The number of piperidine rings is 1. The lowest BCUT2D eigenvalue weighted by molar-refractivity contribution is 0.0855. The van der Waals surface area contributed by atoms with Gasteiger partial charge in [0.05, 0.1) is 12.3 Å². The van der Waals surface area contributed by atoms with Crippen molar-refractivity contribution in [3.63, 3.8) is 0 Å². The van der Waals surface area contributed by atoms with Crippen LogP contribution in [0.3, 0.4) is 0 Å². The van der Waals surface area contributed by atoms with E-state index in [1.807, 2.05) is 6.92 Å². The van der Waals surface area contributed by atoms with Crippen LogP contribution in [-0.2, 0) is 15.4 Å². The van der Waals surface area contributed by atoms with Gasteiger partial charge in [-0.2, -0.15) is 4.31 Å². The minimum atomic E-state index is -3.18. The number of urea groups is 1. The van der Waals surface area contributed by atoms with Crippen molar-refractivity contribution >= 4 is 16.1 Å². The van der Waals surface area contributed by atoms with Crippen molar-refractivity contribution in [1.82, 2.24) is 19.4 Å². The molecule has 1 aromatic carbocycles. The van der Waals surface area contributed by atoms with Crippen LogP contribution >= 0.6 is 0 Å². The second-order valence-electron chi connectivity index (χ2n) is 11.3. The van der Waals surface area contributed by atoms with E-state index in [0.29, 0.717) is 6.04 Å². The zero-order chi connectivity index (χ0) is 25.4. The van der Waals surface area contributed by atoms with Gasteiger partial charge in [-0.3, -0.25) is 0 Å². The molecule has 35 heavy (non-hydrogen) atoms. The fourth-order valence-corrected chi connectivity index (χ4v) is 8.51. The molecule has 1 spiro atoms. The Morgan fingerprint density at radius 3 is 2.46 bits per heavy atom. The van der Waals surface area contributed by atoms with E-state index in [1.54, 1.807) is 23.3 Å². The Hall–Kier alpha value is -1.64. The van der Waals surface area contributed by atoms with Crippen molar-refractivity contribution in [2.75, 3.05) is 33.4 Å². The lowest BCUT2D eigenvalue weighted by Gasteiger charge is -2.49. The molecule has 0 bridgehead atoms. The zero-order valence-electron chi connectivity index (χ0n) is 22.2. The highest BCUT2D eigenvalue weighted by atomic mass is 32.2. The first-order chi connectivity index (χ1) is 16.6. The third kappa shape index (κ3) is 5.39. The van der Waals surface area contributed by atoms with Gasteiger partial charge < -0.3 is 15.1 Å². The molecule has 3 aliphatic rings. The average molecular weight is 505 g/mol. The van der Waals surface area contributed by atoms with Crippen molar-refractivity contribution in [3.05, 3.63) is 35.4 Å². The summed E-state index contributed by atoms with van der Waals surface area (Å²) in [6, 6.07) is 9.38. The lowest BCUT2D eigenvalue weighted by Crippen LogP contribution is -2.51. The van der Waals surface area contributed by atoms with Crippen molar-refractivity contribution in [2.24, 2.45) is 0 Å². The Balaban J connectivity index is 1.45. The number of fused-ring (bicyclic) bond motifs is 2. The van der Waals surface area contributed by atoms with Crippen molar-refractivity contribution in [1.29, 1.82) is 0 Å². The van der Waals surface area contributed by atoms with Crippen LogP contribution in [0.5, 0.6) is 0 Å². The molecule has 1 aromatic rings. The van der Waals surface area contributed by atoms with Crippen molar-refractivity contribution in [2.45, 2.75) is 94.8 Å². The predicted octanol–water partition coefficient (Wildman–Crippen LogP) is 4.11. The Kier molecular flexibility index (Phi) is 7.84. The van der Waals surface area contributed by atoms with E-state index in [2.05, 4.69) is 41.4 Å². The van der Waals surface area contributed by atoms with Crippen molar-refractivity contribution in [3.8, 4) is 0 Å². The SMILES string of the molecule is CCC(CC1CCC(C)N1S(C)(=O)=O)N1CCC2(CC[C@@H](NC(=O)N(C)C)c3ccccc32)CC1. The fraction of sp³-hybridized carbons (Fsp3) is 0.741.